The molecule has 46 heavy (non-hydrogen) atoms. The van der Waals surface area contributed by atoms with E-state index in [-0.39, 0.29) is 42.1 Å². The van der Waals surface area contributed by atoms with Gasteiger partial charge in [-0.3, -0.25) is 19.2 Å². The molecule has 3 fully saturated rings. The first-order valence-corrected chi connectivity index (χ1v) is 16.2. The summed E-state index contributed by atoms with van der Waals surface area (Å²) < 4.78 is 5.70. The zero-order valence-electron chi connectivity index (χ0n) is 25.5. The Morgan fingerprint density at radius 3 is 1.96 bits per heavy atom. The fourth-order valence-electron chi connectivity index (χ4n) is 7.95. The van der Waals surface area contributed by atoms with Crippen LogP contribution in [-0.2, 0) is 19.2 Å². The normalized spacial score (nSPS) is 27.0. The van der Waals surface area contributed by atoms with Gasteiger partial charge in [0.15, 0.2) is 11.5 Å². The molecule has 10 heteroatoms. The maximum absolute atomic E-state index is 14.3. The first-order chi connectivity index (χ1) is 22.0. The molecule has 3 aromatic rings. The lowest BCUT2D eigenvalue weighted by molar-refractivity contribution is -0.126. The van der Waals surface area contributed by atoms with Gasteiger partial charge in [0.2, 0.25) is 23.6 Å². The molecule has 0 bridgehead atoms. The third-order valence-electron chi connectivity index (χ3n) is 10.1. The number of allylic oxidation sites excluding steroid dienone is 2. The molecule has 1 N–H and O–H groups in total. The van der Waals surface area contributed by atoms with E-state index in [4.69, 9.17) is 27.9 Å². The molecule has 2 saturated heterocycles. The molecule has 8 nitrogen and oxygen atoms in total. The van der Waals surface area contributed by atoms with Gasteiger partial charge in [0.1, 0.15) is 0 Å². The Bertz CT molecular complexity index is 1870. The molecule has 6 atom stereocenters. The van der Waals surface area contributed by atoms with E-state index < -0.39 is 41.4 Å². The summed E-state index contributed by atoms with van der Waals surface area (Å²) in [5.41, 5.74) is 3.63. The SMILES string of the molecule is CCOc1cccc(C2C3=CCC4C(=O)N(c5ccc(C)c(Cl)c5)C(=O)C4C3CC3C(=O)N(c4ccc(C)c(Cl)c4)C(=O)C32)c1O. The molecule has 0 spiro atoms. The number of para-hydroxylation sites is 1. The molecule has 4 amide bonds. The number of hydrogen-bond donors (Lipinski definition) is 1. The number of phenolic OH excluding ortho intramolecular Hbond substituents is 1. The minimum atomic E-state index is -0.839. The van der Waals surface area contributed by atoms with Crippen molar-refractivity contribution in [3.63, 3.8) is 0 Å². The fraction of sp³-hybridized carbons (Fsp3) is 0.333. The molecule has 0 radical (unpaired) electrons. The fourth-order valence-corrected chi connectivity index (χ4v) is 8.30. The zero-order chi connectivity index (χ0) is 32.6. The lowest BCUT2D eigenvalue weighted by atomic mass is 9.57. The number of fused-ring (bicyclic) bond motifs is 4. The van der Waals surface area contributed by atoms with Crippen LogP contribution < -0.4 is 14.5 Å². The second kappa shape index (κ2) is 11.3. The van der Waals surface area contributed by atoms with Crippen molar-refractivity contribution >= 4 is 58.2 Å². The van der Waals surface area contributed by atoms with Gasteiger partial charge in [-0.15, -0.1) is 0 Å². The topological polar surface area (TPSA) is 104 Å². The zero-order valence-corrected chi connectivity index (χ0v) is 27.0. The Morgan fingerprint density at radius 1 is 0.783 bits per heavy atom. The number of aryl methyl sites for hydroxylation is 2. The molecule has 236 valence electrons. The van der Waals surface area contributed by atoms with E-state index in [0.29, 0.717) is 33.6 Å². The van der Waals surface area contributed by atoms with E-state index in [0.717, 1.165) is 16.7 Å². The second-order valence-corrected chi connectivity index (χ2v) is 13.4. The first kappa shape index (κ1) is 30.5. The number of nitrogens with zero attached hydrogens (tertiary/aromatic N) is 2. The van der Waals surface area contributed by atoms with Crippen molar-refractivity contribution < 1.29 is 29.0 Å². The highest BCUT2D eigenvalue weighted by atomic mass is 35.5. The van der Waals surface area contributed by atoms with Crippen molar-refractivity contribution in [2.45, 2.75) is 39.5 Å². The van der Waals surface area contributed by atoms with Crippen LogP contribution in [-0.4, -0.2) is 35.3 Å². The molecule has 2 aliphatic carbocycles. The molecule has 2 aliphatic heterocycles. The maximum atomic E-state index is 14.3. The van der Waals surface area contributed by atoms with Gasteiger partial charge in [0.05, 0.1) is 41.7 Å². The summed E-state index contributed by atoms with van der Waals surface area (Å²) in [6.07, 6.45) is 2.44. The Kier molecular flexibility index (Phi) is 7.48. The lowest BCUT2D eigenvalue weighted by Crippen LogP contribution is -2.43. The molecule has 4 aliphatic rings. The molecule has 7 rings (SSSR count). The van der Waals surface area contributed by atoms with Crippen molar-refractivity contribution in [1.82, 2.24) is 0 Å². The molecule has 1 saturated carbocycles. The minimum absolute atomic E-state index is 0.112. The number of benzene rings is 3. The third-order valence-corrected chi connectivity index (χ3v) is 11.0. The van der Waals surface area contributed by atoms with Gasteiger partial charge in [-0.25, -0.2) is 9.80 Å². The van der Waals surface area contributed by atoms with Crippen LogP contribution in [0.25, 0.3) is 0 Å². The van der Waals surface area contributed by atoms with E-state index >= 15 is 0 Å². The van der Waals surface area contributed by atoms with Gasteiger partial charge >= 0.3 is 0 Å². The molecule has 3 aromatic carbocycles. The predicted octanol–water partition coefficient (Wildman–Crippen LogP) is 6.76. The summed E-state index contributed by atoms with van der Waals surface area (Å²) in [7, 11) is 0. The van der Waals surface area contributed by atoms with Crippen LogP contribution in [0.1, 0.15) is 42.4 Å². The Morgan fingerprint density at radius 2 is 1.37 bits per heavy atom. The number of aromatic hydroxyl groups is 1. The summed E-state index contributed by atoms with van der Waals surface area (Å²) in [4.78, 5) is 59.0. The first-order valence-electron chi connectivity index (χ1n) is 15.5. The van der Waals surface area contributed by atoms with Crippen LogP contribution in [0.4, 0.5) is 11.4 Å². The number of hydrogen-bond acceptors (Lipinski definition) is 6. The lowest BCUT2D eigenvalue weighted by Gasteiger charge is -2.44. The van der Waals surface area contributed by atoms with Crippen molar-refractivity contribution in [2.75, 3.05) is 16.4 Å². The summed E-state index contributed by atoms with van der Waals surface area (Å²) in [5.74, 6) is -5.52. The highest BCUT2D eigenvalue weighted by Gasteiger charge is 2.62. The maximum Gasteiger partial charge on any atom is 0.238 e. The number of imide groups is 2. The number of anilines is 2. The van der Waals surface area contributed by atoms with Crippen LogP contribution in [0, 0.1) is 43.4 Å². The van der Waals surface area contributed by atoms with Gasteiger partial charge < -0.3 is 9.84 Å². The van der Waals surface area contributed by atoms with Crippen LogP contribution in [0.3, 0.4) is 0 Å². The van der Waals surface area contributed by atoms with Gasteiger partial charge in [-0.2, -0.15) is 0 Å². The van der Waals surface area contributed by atoms with Crippen molar-refractivity contribution in [3.05, 3.63) is 93.0 Å². The van der Waals surface area contributed by atoms with Gasteiger partial charge in [-0.05, 0) is 81.0 Å². The number of amides is 4. The van der Waals surface area contributed by atoms with E-state index in [2.05, 4.69) is 0 Å². The largest absolute Gasteiger partial charge is 0.504 e. The second-order valence-electron chi connectivity index (χ2n) is 12.5. The van der Waals surface area contributed by atoms with E-state index in [1.807, 2.05) is 26.8 Å². The standard InChI is InChI=1S/C36H32Cl2N2O6/c1-4-46-28-7-5-6-22(32(28)41)29-21-12-13-23-30(35(44)39(33(23)42)19-10-8-17(2)26(37)14-19)24(21)16-25-31(29)36(45)40(34(25)43)20-11-9-18(3)27(38)15-20/h5-12,14-15,23-25,29-31,41H,4,13,16H2,1-3H3. The van der Waals surface area contributed by atoms with E-state index in [9.17, 15) is 24.3 Å². The van der Waals surface area contributed by atoms with E-state index in [1.165, 1.54) is 9.80 Å². The highest BCUT2D eigenvalue weighted by molar-refractivity contribution is 6.33. The van der Waals surface area contributed by atoms with E-state index in [1.54, 1.807) is 54.6 Å². The molecule has 0 aromatic heterocycles. The number of phenols is 1. The highest BCUT2D eigenvalue weighted by Crippen LogP contribution is 2.60. The Labute approximate surface area is 276 Å². The summed E-state index contributed by atoms with van der Waals surface area (Å²) in [5, 5.41) is 12.4. The molecule has 6 unspecified atom stereocenters. The van der Waals surface area contributed by atoms with Gasteiger partial charge in [0.25, 0.3) is 0 Å². The number of carbonyl (C=O) groups excluding carboxylic acids is 4. The Hall–Kier alpha value is -4.14. The summed E-state index contributed by atoms with van der Waals surface area (Å²) in [6, 6.07) is 15.3. The third kappa shape index (κ3) is 4.48. The number of rotatable bonds is 5. The smallest absolute Gasteiger partial charge is 0.238 e. The average Bonchev–Trinajstić information content (AvgIpc) is 3.44. The van der Waals surface area contributed by atoms with Crippen molar-refractivity contribution in [2.24, 2.45) is 29.6 Å². The van der Waals surface area contributed by atoms with Crippen molar-refractivity contribution in [3.8, 4) is 11.5 Å². The summed E-state index contributed by atoms with van der Waals surface area (Å²) in [6.45, 7) is 5.81. The van der Waals surface area contributed by atoms with Gasteiger partial charge in [0, 0.05) is 21.5 Å². The van der Waals surface area contributed by atoms with Crippen molar-refractivity contribution in [1.29, 1.82) is 0 Å². The van der Waals surface area contributed by atoms with Crippen LogP contribution in [0.2, 0.25) is 10.0 Å². The number of halogens is 2. The van der Waals surface area contributed by atoms with Crippen LogP contribution in [0.5, 0.6) is 11.5 Å². The number of ether oxygens (including phenoxy) is 1. The average molecular weight is 660 g/mol. The van der Waals surface area contributed by atoms with Crippen LogP contribution in [0.15, 0.2) is 66.2 Å². The van der Waals surface area contributed by atoms with Crippen LogP contribution >= 0.6 is 23.2 Å². The molecular formula is C36H32Cl2N2O6. The Balaban J connectivity index is 1.35. The monoisotopic (exact) mass is 658 g/mol. The number of carbonyl (C=O) groups is 4. The molecular weight excluding hydrogens is 627 g/mol. The minimum Gasteiger partial charge on any atom is -0.504 e. The predicted molar refractivity (Wildman–Crippen MR) is 174 cm³/mol. The molecule has 2 heterocycles. The summed E-state index contributed by atoms with van der Waals surface area (Å²) >= 11 is 12.8. The van der Waals surface area contributed by atoms with Gasteiger partial charge in [-0.1, -0.05) is 59.1 Å². The quantitative estimate of drug-likeness (QED) is 0.240.